The SMILES string of the molecule is Cc1cccc([C@@H](C)NCCCC(=O)N(C)C)c1. The summed E-state index contributed by atoms with van der Waals surface area (Å²) in [6.07, 6.45) is 1.49. The van der Waals surface area contributed by atoms with Crippen molar-refractivity contribution in [2.24, 2.45) is 0 Å². The summed E-state index contributed by atoms with van der Waals surface area (Å²) in [7, 11) is 3.59. The minimum Gasteiger partial charge on any atom is -0.349 e. The van der Waals surface area contributed by atoms with E-state index in [1.165, 1.54) is 11.1 Å². The largest absolute Gasteiger partial charge is 0.349 e. The van der Waals surface area contributed by atoms with Crippen LogP contribution >= 0.6 is 0 Å². The number of amides is 1. The first-order chi connectivity index (χ1) is 8.50. The van der Waals surface area contributed by atoms with Gasteiger partial charge in [0.1, 0.15) is 0 Å². The van der Waals surface area contributed by atoms with E-state index in [2.05, 4.69) is 43.4 Å². The molecule has 1 atom stereocenters. The van der Waals surface area contributed by atoms with Crippen molar-refractivity contribution in [1.29, 1.82) is 0 Å². The third kappa shape index (κ3) is 4.88. The predicted octanol–water partition coefficient (Wildman–Crippen LogP) is 2.51. The molecule has 0 saturated carbocycles. The molecule has 0 aromatic heterocycles. The molecule has 0 fully saturated rings. The average Bonchev–Trinajstić information content (AvgIpc) is 2.33. The van der Waals surface area contributed by atoms with E-state index in [1.807, 2.05) is 0 Å². The number of nitrogens with one attached hydrogen (secondary N) is 1. The van der Waals surface area contributed by atoms with Crippen LogP contribution in [-0.4, -0.2) is 31.4 Å². The van der Waals surface area contributed by atoms with Crippen LogP contribution in [0.4, 0.5) is 0 Å². The molecule has 0 radical (unpaired) electrons. The maximum Gasteiger partial charge on any atom is 0.222 e. The molecule has 1 aromatic carbocycles. The molecule has 0 spiro atoms. The summed E-state index contributed by atoms with van der Waals surface area (Å²) in [4.78, 5) is 13.0. The Kier molecular flexibility index (Phi) is 5.86. The predicted molar refractivity (Wildman–Crippen MR) is 75.5 cm³/mol. The second-order valence-corrected chi connectivity index (χ2v) is 4.98. The van der Waals surface area contributed by atoms with Crippen LogP contribution < -0.4 is 5.32 Å². The maximum absolute atomic E-state index is 11.4. The lowest BCUT2D eigenvalue weighted by Crippen LogP contribution is -2.24. The second kappa shape index (κ2) is 7.17. The molecule has 18 heavy (non-hydrogen) atoms. The van der Waals surface area contributed by atoms with Gasteiger partial charge in [0, 0.05) is 26.6 Å². The molecule has 0 aliphatic rings. The summed E-state index contributed by atoms with van der Waals surface area (Å²) in [5.74, 6) is 0.194. The van der Waals surface area contributed by atoms with Crippen LogP contribution in [0.25, 0.3) is 0 Å². The van der Waals surface area contributed by atoms with Crippen LogP contribution in [0.5, 0.6) is 0 Å². The van der Waals surface area contributed by atoms with Gasteiger partial charge in [0.25, 0.3) is 0 Å². The Bertz CT molecular complexity index is 388. The van der Waals surface area contributed by atoms with E-state index in [1.54, 1.807) is 19.0 Å². The number of rotatable bonds is 6. The summed E-state index contributed by atoms with van der Waals surface area (Å²) >= 11 is 0. The lowest BCUT2D eigenvalue weighted by Gasteiger charge is -2.15. The fourth-order valence-corrected chi connectivity index (χ4v) is 1.84. The van der Waals surface area contributed by atoms with E-state index in [-0.39, 0.29) is 5.91 Å². The average molecular weight is 248 g/mol. The first-order valence-corrected chi connectivity index (χ1v) is 6.51. The van der Waals surface area contributed by atoms with Crippen LogP contribution in [0.1, 0.15) is 36.9 Å². The van der Waals surface area contributed by atoms with Gasteiger partial charge in [-0.1, -0.05) is 29.8 Å². The van der Waals surface area contributed by atoms with Crippen LogP contribution in [0.3, 0.4) is 0 Å². The van der Waals surface area contributed by atoms with Gasteiger partial charge in [-0.25, -0.2) is 0 Å². The quantitative estimate of drug-likeness (QED) is 0.785. The minimum atomic E-state index is 0.194. The number of hydrogen-bond donors (Lipinski definition) is 1. The molecule has 0 unspecified atom stereocenters. The Hall–Kier alpha value is -1.35. The number of hydrogen-bond acceptors (Lipinski definition) is 2. The van der Waals surface area contributed by atoms with Crippen molar-refractivity contribution in [3.8, 4) is 0 Å². The summed E-state index contributed by atoms with van der Waals surface area (Å²) < 4.78 is 0. The molecule has 0 aliphatic carbocycles. The maximum atomic E-state index is 11.4. The number of carbonyl (C=O) groups is 1. The lowest BCUT2D eigenvalue weighted by atomic mass is 10.1. The second-order valence-electron chi connectivity index (χ2n) is 4.98. The lowest BCUT2D eigenvalue weighted by molar-refractivity contribution is -0.128. The van der Waals surface area contributed by atoms with E-state index in [0.29, 0.717) is 12.5 Å². The van der Waals surface area contributed by atoms with Gasteiger partial charge < -0.3 is 10.2 Å². The fourth-order valence-electron chi connectivity index (χ4n) is 1.84. The topological polar surface area (TPSA) is 32.3 Å². The van der Waals surface area contributed by atoms with Crippen LogP contribution in [0.2, 0.25) is 0 Å². The Labute approximate surface area is 110 Å². The van der Waals surface area contributed by atoms with Crippen molar-refractivity contribution < 1.29 is 4.79 Å². The third-order valence-corrected chi connectivity index (χ3v) is 3.06. The first-order valence-electron chi connectivity index (χ1n) is 6.51. The molecule has 100 valence electrons. The van der Waals surface area contributed by atoms with Crippen molar-refractivity contribution in [1.82, 2.24) is 10.2 Å². The zero-order valence-electron chi connectivity index (χ0n) is 11.9. The Morgan fingerprint density at radius 1 is 1.39 bits per heavy atom. The fraction of sp³-hybridized carbons (Fsp3) is 0.533. The Balaban J connectivity index is 2.29. The number of aryl methyl sites for hydroxylation is 1. The van der Waals surface area contributed by atoms with Gasteiger partial charge in [-0.15, -0.1) is 0 Å². The van der Waals surface area contributed by atoms with E-state index in [4.69, 9.17) is 0 Å². The molecule has 0 aliphatic heterocycles. The molecule has 0 bridgehead atoms. The van der Waals surface area contributed by atoms with E-state index >= 15 is 0 Å². The highest BCUT2D eigenvalue weighted by molar-refractivity contribution is 5.75. The van der Waals surface area contributed by atoms with Gasteiger partial charge in [-0.05, 0) is 32.4 Å². The van der Waals surface area contributed by atoms with E-state index in [0.717, 1.165) is 13.0 Å². The molecular formula is C15H24N2O. The molecule has 1 N–H and O–H groups in total. The van der Waals surface area contributed by atoms with Gasteiger partial charge in [0.15, 0.2) is 0 Å². The zero-order valence-corrected chi connectivity index (χ0v) is 11.9. The summed E-state index contributed by atoms with van der Waals surface area (Å²) in [5.41, 5.74) is 2.58. The molecule has 1 rings (SSSR count). The highest BCUT2D eigenvalue weighted by Crippen LogP contribution is 2.13. The first kappa shape index (κ1) is 14.7. The van der Waals surface area contributed by atoms with Gasteiger partial charge >= 0.3 is 0 Å². The molecule has 1 aromatic rings. The van der Waals surface area contributed by atoms with Gasteiger partial charge in [0.2, 0.25) is 5.91 Å². The van der Waals surface area contributed by atoms with Crippen molar-refractivity contribution in [3.05, 3.63) is 35.4 Å². The number of carbonyl (C=O) groups excluding carboxylic acids is 1. The number of nitrogens with zero attached hydrogens (tertiary/aromatic N) is 1. The van der Waals surface area contributed by atoms with Crippen molar-refractivity contribution in [2.75, 3.05) is 20.6 Å². The van der Waals surface area contributed by atoms with Gasteiger partial charge in [0.05, 0.1) is 0 Å². The normalized spacial score (nSPS) is 12.2. The molecule has 1 amide bonds. The van der Waals surface area contributed by atoms with E-state index in [9.17, 15) is 4.79 Å². The minimum absolute atomic E-state index is 0.194. The van der Waals surface area contributed by atoms with Crippen molar-refractivity contribution >= 4 is 5.91 Å². The Morgan fingerprint density at radius 3 is 2.72 bits per heavy atom. The van der Waals surface area contributed by atoms with E-state index < -0.39 is 0 Å². The molecule has 3 nitrogen and oxygen atoms in total. The highest BCUT2D eigenvalue weighted by Gasteiger charge is 2.06. The zero-order chi connectivity index (χ0) is 13.5. The van der Waals surface area contributed by atoms with Crippen molar-refractivity contribution in [2.45, 2.75) is 32.7 Å². The van der Waals surface area contributed by atoms with Crippen LogP contribution in [-0.2, 0) is 4.79 Å². The van der Waals surface area contributed by atoms with Gasteiger partial charge in [-0.2, -0.15) is 0 Å². The third-order valence-electron chi connectivity index (χ3n) is 3.06. The summed E-state index contributed by atoms with van der Waals surface area (Å²) in [6.45, 7) is 5.13. The monoisotopic (exact) mass is 248 g/mol. The molecule has 0 heterocycles. The van der Waals surface area contributed by atoms with Crippen LogP contribution in [0.15, 0.2) is 24.3 Å². The number of benzene rings is 1. The summed E-state index contributed by atoms with van der Waals surface area (Å²) in [5, 5.41) is 3.45. The Morgan fingerprint density at radius 2 is 2.11 bits per heavy atom. The smallest absolute Gasteiger partial charge is 0.222 e. The van der Waals surface area contributed by atoms with Crippen LogP contribution in [0, 0.1) is 6.92 Å². The molecular weight excluding hydrogens is 224 g/mol. The van der Waals surface area contributed by atoms with Gasteiger partial charge in [-0.3, -0.25) is 4.79 Å². The van der Waals surface area contributed by atoms with Crippen molar-refractivity contribution in [3.63, 3.8) is 0 Å². The highest BCUT2D eigenvalue weighted by atomic mass is 16.2. The standard InChI is InChI=1S/C15H24N2O/c1-12-7-5-8-14(11-12)13(2)16-10-6-9-15(18)17(3)4/h5,7-8,11,13,16H,6,9-10H2,1-4H3/t13-/m1/s1. The summed E-state index contributed by atoms with van der Waals surface area (Å²) in [6, 6.07) is 8.85. The molecule has 0 saturated heterocycles. The molecule has 3 heteroatoms.